The number of carbonyl (C=O) groups is 1. The molecule has 0 spiro atoms. The maximum Gasteiger partial charge on any atom is 0.416 e. The van der Waals surface area contributed by atoms with Gasteiger partial charge in [-0.2, -0.15) is 26.3 Å². The monoisotopic (exact) mass is 440 g/mol. The first-order valence-electron chi connectivity index (χ1n) is 8.68. The van der Waals surface area contributed by atoms with Crippen LogP contribution in [0.2, 0.25) is 0 Å². The molecule has 31 heavy (non-hydrogen) atoms. The zero-order chi connectivity index (χ0) is 22.8. The zero-order valence-corrected chi connectivity index (χ0v) is 15.8. The first kappa shape index (κ1) is 22.1. The van der Waals surface area contributed by atoms with Crippen molar-refractivity contribution in [2.75, 3.05) is 12.4 Å². The largest absolute Gasteiger partial charge is 0.497 e. The van der Waals surface area contributed by atoms with Crippen molar-refractivity contribution in [3.8, 4) is 17.0 Å². The Kier molecular flexibility index (Phi) is 5.92. The summed E-state index contributed by atoms with van der Waals surface area (Å²) < 4.78 is 82.4. The van der Waals surface area contributed by atoms with E-state index >= 15 is 0 Å². The molecule has 3 aromatic rings. The van der Waals surface area contributed by atoms with Crippen LogP contribution in [-0.4, -0.2) is 18.0 Å². The molecule has 1 aromatic heterocycles. The highest BCUT2D eigenvalue weighted by Gasteiger charge is 2.32. The topological polar surface area (TPSA) is 51.2 Å². The van der Waals surface area contributed by atoms with E-state index in [2.05, 4.69) is 10.3 Å². The van der Waals surface area contributed by atoms with E-state index in [0.29, 0.717) is 5.56 Å². The van der Waals surface area contributed by atoms with Crippen LogP contribution in [0.4, 0.5) is 32.0 Å². The van der Waals surface area contributed by atoms with Crippen LogP contribution in [0.3, 0.4) is 0 Å². The van der Waals surface area contributed by atoms with Gasteiger partial charge in [0.05, 0.1) is 23.9 Å². The Bertz CT molecular complexity index is 1090. The van der Waals surface area contributed by atoms with E-state index in [-0.39, 0.29) is 22.7 Å². The number of nitrogens with zero attached hydrogens (tertiary/aromatic N) is 1. The minimum absolute atomic E-state index is 0.0596. The van der Waals surface area contributed by atoms with Crippen LogP contribution in [0.25, 0.3) is 11.3 Å². The number of rotatable bonds is 4. The molecule has 1 N–H and O–H groups in total. The molecular formula is C21H14F6N2O2. The number of aromatic nitrogens is 1. The molecule has 0 unspecified atom stereocenters. The van der Waals surface area contributed by atoms with E-state index in [9.17, 15) is 31.1 Å². The Morgan fingerprint density at radius 1 is 0.871 bits per heavy atom. The van der Waals surface area contributed by atoms with Gasteiger partial charge in [0, 0.05) is 29.1 Å². The second-order valence-electron chi connectivity index (χ2n) is 6.41. The van der Waals surface area contributed by atoms with Gasteiger partial charge in [-0.25, -0.2) is 0 Å². The number of hydrogen-bond acceptors (Lipinski definition) is 3. The number of benzene rings is 2. The van der Waals surface area contributed by atoms with Crippen LogP contribution in [-0.2, 0) is 12.4 Å². The summed E-state index contributed by atoms with van der Waals surface area (Å²) in [5.41, 5.74) is -1.49. The average Bonchev–Trinajstić information content (AvgIpc) is 2.72. The van der Waals surface area contributed by atoms with Crippen LogP contribution < -0.4 is 10.1 Å². The molecule has 2 aromatic carbocycles. The van der Waals surface area contributed by atoms with Crippen LogP contribution in [0.1, 0.15) is 21.5 Å². The van der Waals surface area contributed by atoms with E-state index in [1.165, 1.54) is 37.4 Å². The second kappa shape index (κ2) is 8.29. The third-order valence-electron chi connectivity index (χ3n) is 4.26. The molecule has 0 radical (unpaired) electrons. The lowest BCUT2D eigenvalue weighted by atomic mass is 10.1. The number of anilines is 1. The number of ether oxygens (including phenoxy) is 1. The fraction of sp³-hybridized carbons (Fsp3) is 0.143. The van der Waals surface area contributed by atoms with Crippen molar-refractivity contribution in [1.29, 1.82) is 0 Å². The number of alkyl halides is 6. The molecule has 0 atom stereocenters. The molecular weight excluding hydrogens is 426 g/mol. The Morgan fingerprint density at radius 3 is 2.10 bits per heavy atom. The molecule has 0 aliphatic heterocycles. The van der Waals surface area contributed by atoms with Crippen LogP contribution in [0.5, 0.6) is 5.75 Å². The molecule has 0 bridgehead atoms. The van der Waals surface area contributed by atoms with Gasteiger partial charge < -0.3 is 10.1 Å². The number of pyridine rings is 1. The Hall–Kier alpha value is -3.56. The van der Waals surface area contributed by atoms with E-state index in [1.54, 1.807) is 0 Å². The van der Waals surface area contributed by atoms with Gasteiger partial charge in [0.2, 0.25) is 0 Å². The van der Waals surface area contributed by atoms with E-state index < -0.39 is 29.4 Å². The highest BCUT2D eigenvalue weighted by atomic mass is 19.4. The molecule has 0 saturated carbocycles. The average molecular weight is 440 g/mol. The van der Waals surface area contributed by atoms with Gasteiger partial charge in [0.15, 0.2) is 0 Å². The van der Waals surface area contributed by atoms with Crippen molar-refractivity contribution in [2.24, 2.45) is 0 Å². The summed E-state index contributed by atoms with van der Waals surface area (Å²) in [5.74, 6) is -0.791. The summed E-state index contributed by atoms with van der Waals surface area (Å²) in [6.07, 6.45) is -8.13. The Morgan fingerprint density at radius 2 is 1.52 bits per heavy atom. The fourth-order valence-electron chi connectivity index (χ4n) is 2.71. The lowest BCUT2D eigenvalue weighted by molar-refractivity contribution is -0.138. The lowest BCUT2D eigenvalue weighted by Gasteiger charge is -2.13. The smallest absolute Gasteiger partial charge is 0.416 e. The van der Waals surface area contributed by atoms with Crippen molar-refractivity contribution in [3.63, 3.8) is 0 Å². The first-order valence-corrected chi connectivity index (χ1v) is 8.68. The second-order valence-corrected chi connectivity index (χ2v) is 6.41. The first-order chi connectivity index (χ1) is 14.5. The molecule has 0 aliphatic rings. The van der Waals surface area contributed by atoms with E-state index in [0.717, 1.165) is 30.5 Å². The van der Waals surface area contributed by atoms with Crippen LogP contribution in [0.15, 0.2) is 60.8 Å². The highest BCUT2D eigenvalue weighted by Crippen LogP contribution is 2.34. The van der Waals surface area contributed by atoms with E-state index in [4.69, 9.17) is 4.74 Å². The molecule has 162 valence electrons. The minimum Gasteiger partial charge on any atom is -0.497 e. The van der Waals surface area contributed by atoms with E-state index in [1.807, 2.05) is 0 Å². The van der Waals surface area contributed by atoms with Crippen molar-refractivity contribution >= 4 is 11.6 Å². The molecule has 0 saturated heterocycles. The fourth-order valence-corrected chi connectivity index (χ4v) is 2.71. The van der Waals surface area contributed by atoms with Crippen LogP contribution >= 0.6 is 0 Å². The maximum absolute atomic E-state index is 13.0. The third-order valence-corrected chi connectivity index (χ3v) is 4.26. The summed E-state index contributed by atoms with van der Waals surface area (Å²) in [4.78, 5) is 16.3. The molecule has 0 aliphatic carbocycles. The Balaban J connectivity index is 1.82. The maximum atomic E-state index is 13.0. The number of amides is 1. The van der Waals surface area contributed by atoms with Gasteiger partial charge in [0.25, 0.3) is 5.91 Å². The standard InChI is InChI=1S/C21H14F6N2O2/c1-31-17-9-15(21(25,26)27)8-16(11-17)29-19(30)13-4-2-12(3-5-13)18-10-14(6-7-28-18)20(22,23)24/h2-11H,1H3,(H,29,30). The predicted octanol–water partition coefficient (Wildman–Crippen LogP) is 6.05. The molecule has 10 heteroatoms. The van der Waals surface area contributed by atoms with Gasteiger partial charge in [-0.05, 0) is 36.4 Å². The third kappa shape index (κ3) is 5.33. The Labute approximate surface area is 172 Å². The summed E-state index contributed by atoms with van der Waals surface area (Å²) in [7, 11) is 1.20. The van der Waals surface area contributed by atoms with Crippen molar-refractivity contribution in [1.82, 2.24) is 4.98 Å². The molecule has 1 amide bonds. The number of methoxy groups -OCH3 is 1. The SMILES string of the molecule is COc1cc(NC(=O)c2ccc(-c3cc(C(F)(F)F)ccn3)cc2)cc(C(F)(F)F)c1. The summed E-state index contributed by atoms with van der Waals surface area (Å²) in [5, 5.41) is 2.35. The van der Waals surface area contributed by atoms with Gasteiger partial charge >= 0.3 is 12.4 Å². The van der Waals surface area contributed by atoms with Gasteiger partial charge in [-0.15, -0.1) is 0 Å². The molecule has 4 nitrogen and oxygen atoms in total. The van der Waals surface area contributed by atoms with Gasteiger partial charge in [0.1, 0.15) is 5.75 Å². The van der Waals surface area contributed by atoms with Crippen molar-refractivity contribution in [2.45, 2.75) is 12.4 Å². The number of hydrogen-bond donors (Lipinski definition) is 1. The minimum atomic E-state index is -4.63. The predicted molar refractivity (Wildman–Crippen MR) is 101 cm³/mol. The van der Waals surface area contributed by atoms with Crippen molar-refractivity contribution in [3.05, 3.63) is 77.5 Å². The zero-order valence-electron chi connectivity index (χ0n) is 15.8. The quantitative estimate of drug-likeness (QED) is 0.503. The van der Waals surface area contributed by atoms with Crippen LogP contribution in [0, 0.1) is 0 Å². The molecule has 1 heterocycles. The highest BCUT2D eigenvalue weighted by molar-refractivity contribution is 6.04. The summed E-state index contributed by atoms with van der Waals surface area (Å²) >= 11 is 0. The summed E-state index contributed by atoms with van der Waals surface area (Å²) in [6, 6.07) is 9.96. The van der Waals surface area contributed by atoms with Gasteiger partial charge in [-0.3, -0.25) is 9.78 Å². The number of carbonyl (C=O) groups excluding carboxylic acids is 1. The van der Waals surface area contributed by atoms with Crippen molar-refractivity contribution < 1.29 is 35.9 Å². The lowest BCUT2D eigenvalue weighted by Crippen LogP contribution is -2.13. The molecule has 0 fully saturated rings. The number of halogens is 6. The molecule has 3 rings (SSSR count). The normalized spacial score (nSPS) is 11.8. The van der Waals surface area contributed by atoms with Gasteiger partial charge in [-0.1, -0.05) is 12.1 Å². The summed E-state index contributed by atoms with van der Waals surface area (Å²) in [6.45, 7) is 0. The number of nitrogens with one attached hydrogen (secondary N) is 1.